The number of carbonyl (C=O) groups is 1. The maximum Gasteiger partial charge on any atom is 0.231 e. The fourth-order valence-electron chi connectivity index (χ4n) is 5.16. The molecule has 1 aromatic heterocycles. The molecule has 7 nitrogen and oxygen atoms in total. The molecule has 1 atom stereocenters. The van der Waals surface area contributed by atoms with Gasteiger partial charge in [-0.05, 0) is 66.9 Å². The van der Waals surface area contributed by atoms with E-state index in [9.17, 15) is 15.3 Å². The first-order valence-electron chi connectivity index (χ1n) is 11.4. The van der Waals surface area contributed by atoms with E-state index < -0.39 is 5.92 Å². The summed E-state index contributed by atoms with van der Waals surface area (Å²) in [7, 11) is 0. The van der Waals surface area contributed by atoms with Crippen LogP contribution in [0.4, 0.5) is 5.69 Å². The second-order valence-corrected chi connectivity index (χ2v) is 8.62. The van der Waals surface area contributed by atoms with Crippen molar-refractivity contribution in [2.24, 2.45) is 0 Å². The topological polar surface area (TPSA) is 91.3 Å². The number of rotatable bonds is 3. The fourth-order valence-corrected chi connectivity index (χ4v) is 5.16. The van der Waals surface area contributed by atoms with Gasteiger partial charge in [0, 0.05) is 35.8 Å². The van der Waals surface area contributed by atoms with E-state index in [1.54, 1.807) is 12.1 Å². The van der Waals surface area contributed by atoms with Crippen LogP contribution in [0.3, 0.4) is 0 Å². The molecule has 35 heavy (non-hydrogen) atoms. The summed E-state index contributed by atoms with van der Waals surface area (Å²) in [4.78, 5) is 15.5. The van der Waals surface area contributed by atoms with Crippen LogP contribution in [0.1, 0.15) is 36.3 Å². The first-order chi connectivity index (χ1) is 17.2. The molecule has 6 rings (SSSR count). The highest BCUT2D eigenvalue weighted by atomic mass is 16.7. The Morgan fingerprint density at radius 3 is 2.43 bits per heavy atom. The number of ether oxygens (including phenoxy) is 2. The Hall–Kier alpha value is -4.75. The molecule has 7 heteroatoms. The summed E-state index contributed by atoms with van der Waals surface area (Å²) in [6.07, 6.45) is 5.68. The summed E-state index contributed by atoms with van der Waals surface area (Å²) in [5.41, 5.74) is 4.16. The maximum atomic E-state index is 13.5. The highest BCUT2D eigenvalue weighted by Crippen LogP contribution is 2.49. The number of fused-ring (bicyclic) bond motifs is 1. The van der Waals surface area contributed by atoms with Gasteiger partial charge < -0.3 is 14.0 Å². The molecule has 0 saturated carbocycles. The molecule has 0 amide bonds. The number of anilines is 1. The number of hydrogen-bond donors (Lipinski definition) is 0. The molecule has 0 spiro atoms. The van der Waals surface area contributed by atoms with E-state index in [4.69, 9.17) is 9.47 Å². The van der Waals surface area contributed by atoms with Gasteiger partial charge >= 0.3 is 0 Å². The van der Waals surface area contributed by atoms with Gasteiger partial charge in [0.1, 0.15) is 5.82 Å². The van der Waals surface area contributed by atoms with E-state index in [-0.39, 0.29) is 12.6 Å². The van der Waals surface area contributed by atoms with Crippen molar-refractivity contribution < 1.29 is 14.3 Å². The zero-order valence-corrected chi connectivity index (χ0v) is 18.8. The predicted octanol–water partition coefficient (Wildman–Crippen LogP) is 5.09. The largest absolute Gasteiger partial charge is 0.454 e. The van der Waals surface area contributed by atoms with Crippen molar-refractivity contribution in [1.82, 2.24) is 4.57 Å². The Bertz CT molecular complexity index is 1480. The van der Waals surface area contributed by atoms with Crippen LogP contribution < -0.4 is 14.4 Å². The van der Waals surface area contributed by atoms with Gasteiger partial charge in [-0.15, -0.1) is 0 Å². The van der Waals surface area contributed by atoms with E-state index in [1.807, 2.05) is 64.3 Å². The molecule has 0 saturated heterocycles. The molecule has 0 radical (unpaired) electrons. The van der Waals surface area contributed by atoms with Gasteiger partial charge in [0.05, 0.1) is 29.2 Å². The van der Waals surface area contributed by atoms with Crippen molar-refractivity contribution in [1.29, 1.82) is 10.5 Å². The zero-order valence-electron chi connectivity index (χ0n) is 18.8. The second kappa shape index (κ2) is 8.23. The third-order valence-corrected chi connectivity index (χ3v) is 6.68. The van der Waals surface area contributed by atoms with Crippen LogP contribution >= 0.6 is 0 Å². The third-order valence-electron chi connectivity index (χ3n) is 6.68. The Morgan fingerprint density at radius 1 is 0.914 bits per heavy atom. The fraction of sp³-hybridized carbons (Fsp3) is 0.179. The van der Waals surface area contributed by atoms with Crippen molar-refractivity contribution in [3.8, 4) is 23.6 Å². The molecule has 0 fully saturated rings. The summed E-state index contributed by atoms with van der Waals surface area (Å²) in [6.45, 7) is 0.151. The minimum absolute atomic E-state index is 0.0480. The quantitative estimate of drug-likeness (QED) is 0.541. The summed E-state index contributed by atoms with van der Waals surface area (Å²) < 4.78 is 13.0. The number of benzene rings is 2. The normalized spacial score (nSPS) is 18.9. The number of nitrogens with zero attached hydrogens (tertiary/aromatic N) is 4. The average Bonchev–Trinajstić information content (AvgIpc) is 3.59. The second-order valence-electron chi connectivity index (χ2n) is 8.62. The van der Waals surface area contributed by atoms with Crippen molar-refractivity contribution in [2.45, 2.75) is 25.2 Å². The Labute approximate surface area is 202 Å². The van der Waals surface area contributed by atoms with Gasteiger partial charge in [0.15, 0.2) is 17.3 Å². The van der Waals surface area contributed by atoms with Crippen molar-refractivity contribution >= 4 is 17.3 Å². The molecule has 0 bridgehead atoms. The number of ketones is 1. The van der Waals surface area contributed by atoms with Crippen LogP contribution in [0, 0.1) is 22.7 Å². The van der Waals surface area contributed by atoms with Crippen LogP contribution in [-0.4, -0.2) is 17.1 Å². The molecule has 1 unspecified atom stereocenters. The molecule has 3 aliphatic rings. The van der Waals surface area contributed by atoms with Crippen molar-refractivity contribution in [3.05, 3.63) is 95.0 Å². The lowest BCUT2D eigenvalue weighted by molar-refractivity contribution is -0.116. The Morgan fingerprint density at radius 2 is 1.69 bits per heavy atom. The average molecular weight is 460 g/mol. The summed E-state index contributed by atoms with van der Waals surface area (Å²) in [5, 5.41) is 19.8. The first kappa shape index (κ1) is 20.8. The number of nitriles is 2. The van der Waals surface area contributed by atoms with Crippen LogP contribution in [0.25, 0.3) is 5.82 Å². The summed E-state index contributed by atoms with van der Waals surface area (Å²) in [5.74, 6) is 1.47. The van der Waals surface area contributed by atoms with Crippen LogP contribution in [0.2, 0.25) is 0 Å². The maximum absolute atomic E-state index is 13.5. The molecule has 3 heterocycles. The standard InChI is InChI=1S/C28H20N4O3/c29-15-18-6-9-20(10-7-18)32-22-4-3-5-23(33)27(22)26(19-8-11-24-25(14-19)35-17-34-24)21(16-30)28(32)31-12-1-2-13-31/h1-2,6-14,26H,3-5,17H2. The predicted molar refractivity (Wildman–Crippen MR) is 128 cm³/mol. The zero-order chi connectivity index (χ0) is 23.9. The van der Waals surface area contributed by atoms with E-state index in [2.05, 4.69) is 12.1 Å². The minimum Gasteiger partial charge on any atom is -0.454 e. The number of aromatic nitrogens is 1. The monoisotopic (exact) mass is 460 g/mol. The van der Waals surface area contributed by atoms with Crippen LogP contribution in [0.5, 0.6) is 11.5 Å². The van der Waals surface area contributed by atoms with Crippen LogP contribution in [0.15, 0.2) is 83.8 Å². The molecular formula is C28H20N4O3. The van der Waals surface area contributed by atoms with E-state index in [0.29, 0.717) is 46.9 Å². The number of allylic oxidation sites excluding steroid dienone is 3. The molecular weight excluding hydrogens is 440 g/mol. The van der Waals surface area contributed by atoms with Gasteiger partial charge in [0.25, 0.3) is 0 Å². The minimum atomic E-state index is -0.524. The first-order valence-corrected chi connectivity index (χ1v) is 11.4. The van der Waals surface area contributed by atoms with Gasteiger partial charge in [-0.3, -0.25) is 9.69 Å². The molecule has 3 aromatic rings. The Balaban J connectivity index is 1.63. The molecule has 0 N–H and O–H groups in total. The van der Waals surface area contributed by atoms with E-state index in [0.717, 1.165) is 23.4 Å². The molecule has 1 aliphatic carbocycles. The van der Waals surface area contributed by atoms with Crippen LogP contribution in [-0.2, 0) is 4.79 Å². The van der Waals surface area contributed by atoms with Gasteiger partial charge in [-0.25, -0.2) is 0 Å². The van der Waals surface area contributed by atoms with Gasteiger partial charge in [0.2, 0.25) is 6.79 Å². The van der Waals surface area contributed by atoms with Crippen molar-refractivity contribution in [3.63, 3.8) is 0 Å². The lowest BCUT2D eigenvalue weighted by atomic mass is 9.75. The highest BCUT2D eigenvalue weighted by molar-refractivity contribution is 6.03. The van der Waals surface area contributed by atoms with Gasteiger partial charge in [-0.1, -0.05) is 6.07 Å². The summed E-state index contributed by atoms with van der Waals surface area (Å²) in [6, 6.07) is 21.3. The SMILES string of the molecule is N#CC1=C(n2cccc2)N(c2ccc(C#N)cc2)C2=C(C(=O)CCC2)C1c1ccc2c(c1)OCO2. The van der Waals surface area contributed by atoms with E-state index >= 15 is 0 Å². The lowest BCUT2D eigenvalue weighted by Gasteiger charge is -2.41. The Kier molecular flexibility index (Phi) is 4.90. The highest BCUT2D eigenvalue weighted by Gasteiger charge is 2.42. The third kappa shape index (κ3) is 3.29. The molecule has 170 valence electrons. The van der Waals surface area contributed by atoms with E-state index in [1.165, 1.54) is 0 Å². The van der Waals surface area contributed by atoms with Crippen molar-refractivity contribution in [2.75, 3.05) is 11.7 Å². The molecule has 2 aromatic carbocycles. The number of hydrogen-bond acceptors (Lipinski definition) is 6. The lowest BCUT2D eigenvalue weighted by Crippen LogP contribution is -2.36. The van der Waals surface area contributed by atoms with Gasteiger partial charge in [-0.2, -0.15) is 10.5 Å². The molecule has 2 aliphatic heterocycles. The summed E-state index contributed by atoms with van der Waals surface area (Å²) >= 11 is 0. The number of Topliss-reactive ketones (excluding diaryl/α,β-unsaturated/α-hetero) is 1. The smallest absolute Gasteiger partial charge is 0.231 e. The number of carbonyl (C=O) groups excluding carboxylic acids is 1.